The van der Waals surface area contributed by atoms with Gasteiger partial charge in [-0.25, -0.2) is 13.4 Å². The zero-order valence-corrected chi connectivity index (χ0v) is 10.2. The zero-order chi connectivity index (χ0) is 12.5. The average molecular weight is 241 g/mol. The Morgan fingerprint density at radius 3 is 2.61 bits per heavy atom. The third-order valence-electron chi connectivity index (χ3n) is 3.15. The Balaban J connectivity index is 2.25. The molecule has 0 spiro atoms. The van der Waals surface area contributed by atoms with E-state index in [1.54, 1.807) is 0 Å². The molecule has 0 aliphatic carbocycles. The van der Waals surface area contributed by atoms with Crippen molar-refractivity contribution in [1.29, 1.82) is 0 Å². The van der Waals surface area contributed by atoms with Crippen LogP contribution in [-0.4, -0.2) is 4.57 Å². The van der Waals surface area contributed by atoms with Gasteiger partial charge in [-0.3, -0.25) is 0 Å². The largest absolute Gasteiger partial charge is 0.286 e. The second-order valence-electron chi connectivity index (χ2n) is 4.23. The zero-order valence-electron chi connectivity index (χ0n) is 10.2. The van der Waals surface area contributed by atoms with Gasteiger partial charge in [0.15, 0.2) is 5.69 Å². The van der Waals surface area contributed by atoms with Crippen LogP contribution in [0.4, 0.5) is 4.39 Å². The molecule has 0 aliphatic rings. The maximum Gasteiger partial charge on any atom is 0.286 e. The normalized spacial score (nSPS) is 11.0. The highest BCUT2D eigenvalue weighted by Crippen LogP contribution is 2.20. The molecule has 0 N–H and O–H groups in total. The number of nitrogens with zero attached hydrogens (tertiary/aromatic N) is 2. The van der Waals surface area contributed by atoms with E-state index in [-0.39, 0.29) is 5.82 Å². The molecule has 3 rings (SSSR count). The van der Waals surface area contributed by atoms with Gasteiger partial charge in [-0.2, -0.15) is 0 Å². The first-order valence-electron chi connectivity index (χ1n) is 6.05. The van der Waals surface area contributed by atoms with Crippen molar-refractivity contribution in [2.45, 2.75) is 13.5 Å². The Kier molecular flexibility index (Phi) is 2.59. The Morgan fingerprint density at radius 1 is 1.11 bits per heavy atom. The molecule has 0 unspecified atom stereocenters. The first-order valence-corrected chi connectivity index (χ1v) is 6.05. The van der Waals surface area contributed by atoms with E-state index < -0.39 is 0 Å². The van der Waals surface area contributed by atoms with Crippen molar-refractivity contribution >= 4 is 5.65 Å². The lowest BCUT2D eigenvalue weighted by Gasteiger charge is -1.99. The third kappa shape index (κ3) is 1.68. The summed E-state index contributed by atoms with van der Waals surface area (Å²) in [6.07, 6.45) is 4.10. The van der Waals surface area contributed by atoms with Crippen LogP contribution in [0.15, 0.2) is 54.9 Å². The predicted octanol–water partition coefficient (Wildman–Crippen LogP) is 3.05. The van der Waals surface area contributed by atoms with Gasteiger partial charge in [0.05, 0.1) is 12.7 Å². The molecule has 0 fully saturated rings. The van der Waals surface area contributed by atoms with Gasteiger partial charge in [0, 0.05) is 11.6 Å². The van der Waals surface area contributed by atoms with Gasteiger partial charge in [-0.1, -0.05) is 6.07 Å². The van der Waals surface area contributed by atoms with E-state index in [0.717, 1.165) is 23.4 Å². The molecular formula is C15H14FN2+. The number of fused-ring (bicyclic) bond motifs is 1. The van der Waals surface area contributed by atoms with Crippen LogP contribution >= 0.6 is 0 Å². The highest BCUT2D eigenvalue weighted by atomic mass is 19.1. The third-order valence-corrected chi connectivity index (χ3v) is 3.15. The highest BCUT2D eigenvalue weighted by molar-refractivity contribution is 5.61. The molecule has 0 atom stereocenters. The summed E-state index contributed by atoms with van der Waals surface area (Å²) in [6.45, 7) is 2.99. The monoisotopic (exact) mass is 241 g/mol. The summed E-state index contributed by atoms with van der Waals surface area (Å²) in [4.78, 5) is 0. The number of imidazole rings is 1. The Labute approximate surface area is 105 Å². The van der Waals surface area contributed by atoms with Crippen molar-refractivity contribution in [2.24, 2.45) is 0 Å². The van der Waals surface area contributed by atoms with Crippen LogP contribution in [0, 0.1) is 5.82 Å². The van der Waals surface area contributed by atoms with Gasteiger partial charge in [0.25, 0.3) is 5.65 Å². The Hall–Kier alpha value is -2.16. The smallest absolute Gasteiger partial charge is 0.223 e. The van der Waals surface area contributed by atoms with Gasteiger partial charge < -0.3 is 0 Å². The SMILES string of the molecule is CCn1c(-c2ccc(F)cc2)c[n+]2ccccc12. The summed E-state index contributed by atoms with van der Waals surface area (Å²) >= 11 is 0. The number of benzene rings is 1. The molecule has 3 heteroatoms. The minimum absolute atomic E-state index is 0.203. The van der Waals surface area contributed by atoms with Crippen LogP contribution in [-0.2, 0) is 6.54 Å². The van der Waals surface area contributed by atoms with Crippen molar-refractivity contribution in [2.75, 3.05) is 0 Å². The molecule has 2 nitrogen and oxygen atoms in total. The molecule has 0 amide bonds. The molecule has 0 saturated heterocycles. The topological polar surface area (TPSA) is 9.03 Å². The number of rotatable bonds is 2. The lowest BCUT2D eigenvalue weighted by atomic mass is 10.1. The fourth-order valence-corrected chi connectivity index (χ4v) is 2.29. The van der Waals surface area contributed by atoms with Crippen LogP contribution in [0.3, 0.4) is 0 Å². The van der Waals surface area contributed by atoms with E-state index in [0.29, 0.717) is 0 Å². The van der Waals surface area contributed by atoms with Crippen molar-refractivity contribution in [3.05, 3.63) is 60.7 Å². The van der Waals surface area contributed by atoms with Gasteiger partial charge in [-0.05, 0) is 37.3 Å². The van der Waals surface area contributed by atoms with Crippen molar-refractivity contribution < 1.29 is 8.79 Å². The van der Waals surface area contributed by atoms with Crippen molar-refractivity contribution in [3.8, 4) is 11.3 Å². The summed E-state index contributed by atoms with van der Waals surface area (Å²) in [7, 11) is 0. The summed E-state index contributed by atoms with van der Waals surface area (Å²) in [5, 5.41) is 0. The minimum atomic E-state index is -0.203. The lowest BCUT2D eigenvalue weighted by Crippen LogP contribution is -2.17. The highest BCUT2D eigenvalue weighted by Gasteiger charge is 2.16. The molecule has 2 aromatic heterocycles. The average Bonchev–Trinajstić information content (AvgIpc) is 2.78. The van der Waals surface area contributed by atoms with Crippen molar-refractivity contribution in [1.82, 2.24) is 4.57 Å². The molecule has 90 valence electrons. The molecular weight excluding hydrogens is 227 g/mol. The van der Waals surface area contributed by atoms with Gasteiger partial charge >= 0.3 is 0 Å². The fraction of sp³-hybridized carbons (Fsp3) is 0.133. The number of hydrogen-bond acceptors (Lipinski definition) is 0. The second kappa shape index (κ2) is 4.26. The molecule has 18 heavy (non-hydrogen) atoms. The summed E-state index contributed by atoms with van der Waals surface area (Å²) in [5.41, 5.74) is 3.27. The summed E-state index contributed by atoms with van der Waals surface area (Å²) in [6, 6.07) is 12.7. The summed E-state index contributed by atoms with van der Waals surface area (Å²) in [5.74, 6) is -0.203. The minimum Gasteiger partial charge on any atom is -0.223 e. The molecule has 0 bridgehead atoms. The van der Waals surface area contributed by atoms with Crippen LogP contribution in [0.25, 0.3) is 16.9 Å². The number of halogens is 1. The number of pyridine rings is 1. The molecule has 3 aromatic rings. The second-order valence-corrected chi connectivity index (χ2v) is 4.23. The van der Waals surface area contributed by atoms with Gasteiger partial charge in [0.1, 0.15) is 12.0 Å². The maximum absolute atomic E-state index is 13.0. The first-order chi connectivity index (χ1) is 8.79. The number of hydrogen-bond donors (Lipinski definition) is 0. The Bertz CT molecular complexity index is 683. The Morgan fingerprint density at radius 2 is 1.89 bits per heavy atom. The van der Waals surface area contributed by atoms with Gasteiger partial charge in [0.2, 0.25) is 0 Å². The molecule has 0 saturated carbocycles. The van der Waals surface area contributed by atoms with E-state index in [2.05, 4.69) is 28.2 Å². The fourth-order valence-electron chi connectivity index (χ4n) is 2.29. The van der Waals surface area contributed by atoms with E-state index >= 15 is 0 Å². The molecule has 0 aliphatic heterocycles. The van der Waals surface area contributed by atoms with Crippen LogP contribution < -0.4 is 4.40 Å². The summed E-state index contributed by atoms with van der Waals surface area (Å²) < 4.78 is 17.3. The van der Waals surface area contributed by atoms with E-state index in [1.165, 1.54) is 12.1 Å². The van der Waals surface area contributed by atoms with E-state index in [1.807, 2.05) is 30.5 Å². The van der Waals surface area contributed by atoms with Crippen LogP contribution in [0.5, 0.6) is 0 Å². The number of aromatic nitrogens is 2. The van der Waals surface area contributed by atoms with E-state index in [4.69, 9.17) is 0 Å². The maximum atomic E-state index is 13.0. The van der Waals surface area contributed by atoms with Crippen molar-refractivity contribution in [3.63, 3.8) is 0 Å². The molecule has 2 heterocycles. The molecule has 1 aromatic carbocycles. The molecule has 0 radical (unpaired) electrons. The quantitative estimate of drug-likeness (QED) is 0.610. The lowest BCUT2D eigenvalue weighted by molar-refractivity contribution is -0.510. The number of aryl methyl sites for hydroxylation is 1. The van der Waals surface area contributed by atoms with Gasteiger partial charge in [-0.15, -0.1) is 0 Å². The van der Waals surface area contributed by atoms with Crippen LogP contribution in [0.2, 0.25) is 0 Å². The first kappa shape index (κ1) is 11.0. The standard InChI is InChI=1S/C15H14FN2/c1-2-18-14(12-6-8-13(16)9-7-12)11-17-10-4-3-5-15(17)18/h3-11H,2H2,1H3/q+1. The van der Waals surface area contributed by atoms with Crippen LogP contribution in [0.1, 0.15) is 6.92 Å². The predicted molar refractivity (Wildman–Crippen MR) is 68.7 cm³/mol. The van der Waals surface area contributed by atoms with E-state index in [9.17, 15) is 4.39 Å².